The van der Waals surface area contributed by atoms with E-state index in [1.807, 2.05) is 18.2 Å². The minimum atomic E-state index is -0.189. The standard InChI is InChI=1S/C18H19ClIN3O/c1-22-8-10-23(11-9-22)15-5-3-14(4-6-15)21-18(24)16-12-13(20)2-7-17(16)19/h2-7,12H,8-11H2,1H3,(H,21,24). The average molecular weight is 456 g/mol. The Kier molecular flexibility index (Phi) is 5.63. The van der Waals surface area contributed by atoms with Gasteiger partial charge in [0.2, 0.25) is 0 Å². The zero-order chi connectivity index (χ0) is 17.1. The molecule has 0 atom stereocenters. The fourth-order valence-corrected chi connectivity index (χ4v) is 3.38. The SMILES string of the molecule is CN1CCN(c2ccc(NC(=O)c3cc(I)ccc3Cl)cc2)CC1. The molecule has 1 saturated heterocycles. The molecule has 0 spiro atoms. The van der Waals surface area contributed by atoms with E-state index in [0.29, 0.717) is 10.6 Å². The fraction of sp³-hybridized carbons (Fsp3) is 0.278. The number of amides is 1. The first-order valence-corrected chi connectivity index (χ1v) is 9.28. The normalized spacial score (nSPS) is 15.4. The number of rotatable bonds is 3. The summed E-state index contributed by atoms with van der Waals surface area (Å²) in [6, 6.07) is 13.4. The van der Waals surface area contributed by atoms with Gasteiger partial charge in [-0.1, -0.05) is 11.6 Å². The van der Waals surface area contributed by atoms with E-state index in [1.165, 1.54) is 5.69 Å². The molecule has 2 aromatic rings. The predicted octanol–water partition coefficient (Wildman–Crippen LogP) is 3.95. The van der Waals surface area contributed by atoms with Crippen LogP contribution in [-0.4, -0.2) is 44.0 Å². The van der Waals surface area contributed by atoms with Crippen molar-refractivity contribution >= 4 is 51.5 Å². The first-order chi connectivity index (χ1) is 11.5. The molecule has 1 aliphatic rings. The maximum absolute atomic E-state index is 12.4. The van der Waals surface area contributed by atoms with Crippen LogP contribution in [0.2, 0.25) is 5.02 Å². The highest BCUT2D eigenvalue weighted by atomic mass is 127. The van der Waals surface area contributed by atoms with Crippen LogP contribution in [0, 0.1) is 3.57 Å². The van der Waals surface area contributed by atoms with Crippen molar-refractivity contribution in [3.05, 3.63) is 56.6 Å². The molecule has 1 fully saturated rings. The molecule has 6 heteroatoms. The molecule has 0 bridgehead atoms. The summed E-state index contributed by atoms with van der Waals surface area (Å²) >= 11 is 8.29. The molecule has 0 saturated carbocycles. The number of anilines is 2. The van der Waals surface area contributed by atoms with Gasteiger partial charge < -0.3 is 15.1 Å². The van der Waals surface area contributed by atoms with Crippen molar-refractivity contribution in [2.75, 3.05) is 43.4 Å². The number of halogens is 2. The van der Waals surface area contributed by atoms with Gasteiger partial charge in [-0.25, -0.2) is 0 Å². The number of carbonyl (C=O) groups is 1. The lowest BCUT2D eigenvalue weighted by atomic mass is 10.2. The summed E-state index contributed by atoms with van der Waals surface area (Å²) in [5.41, 5.74) is 2.45. The number of benzene rings is 2. The van der Waals surface area contributed by atoms with Crippen LogP contribution >= 0.6 is 34.2 Å². The number of likely N-dealkylation sites (N-methyl/N-ethyl adjacent to an activating group) is 1. The van der Waals surface area contributed by atoms with Gasteiger partial charge in [0, 0.05) is 41.1 Å². The van der Waals surface area contributed by atoms with Crippen molar-refractivity contribution in [2.45, 2.75) is 0 Å². The molecule has 3 rings (SSSR count). The number of piperazine rings is 1. The van der Waals surface area contributed by atoms with Crippen molar-refractivity contribution < 1.29 is 4.79 Å². The molecule has 1 aliphatic heterocycles. The van der Waals surface area contributed by atoms with E-state index in [2.05, 4.69) is 56.9 Å². The molecule has 1 N–H and O–H groups in total. The molecule has 0 aliphatic carbocycles. The summed E-state index contributed by atoms with van der Waals surface area (Å²) in [4.78, 5) is 17.1. The first kappa shape index (κ1) is 17.5. The maximum atomic E-state index is 12.4. The van der Waals surface area contributed by atoms with Crippen LogP contribution in [0.15, 0.2) is 42.5 Å². The molecular formula is C18H19ClIN3O. The largest absolute Gasteiger partial charge is 0.369 e. The van der Waals surface area contributed by atoms with E-state index in [0.717, 1.165) is 35.4 Å². The minimum Gasteiger partial charge on any atom is -0.369 e. The summed E-state index contributed by atoms with van der Waals surface area (Å²) in [6.45, 7) is 4.20. The monoisotopic (exact) mass is 455 g/mol. The third-order valence-corrected chi connectivity index (χ3v) is 5.17. The Balaban J connectivity index is 1.68. The Hall–Kier alpha value is -1.31. The highest BCUT2D eigenvalue weighted by Gasteiger charge is 2.15. The van der Waals surface area contributed by atoms with Gasteiger partial charge in [-0.3, -0.25) is 4.79 Å². The van der Waals surface area contributed by atoms with Crippen molar-refractivity contribution in [3.63, 3.8) is 0 Å². The lowest BCUT2D eigenvalue weighted by molar-refractivity contribution is 0.102. The van der Waals surface area contributed by atoms with Crippen LogP contribution in [0.25, 0.3) is 0 Å². The highest BCUT2D eigenvalue weighted by molar-refractivity contribution is 14.1. The molecule has 1 heterocycles. The minimum absolute atomic E-state index is 0.189. The molecule has 2 aromatic carbocycles. The number of hydrogen-bond donors (Lipinski definition) is 1. The molecule has 1 amide bonds. The summed E-state index contributed by atoms with van der Waals surface area (Å²) in [6.07, 6.45) is 0. The van der Waals surface area contributed by atoms with Crippen molar-refractivity contribution in [1.82, 2.24) is 4.90 Å². The van der Waals surface area contributed by atoms with E-state index >= 15 is 0 Å². The van der Waals surface area contributed by atoms with Crippen molar-refractivity contribution in [3.8, 4) is 0 Å². The molecule has 0 aromatic heterocycles. The van der Waals surface area contributed by atoms with Crippen LogP contribution in [-0.2, 0) is 0 Å². The third kappa shape index (κ3) is 4.20. The number of hydrogen-bond acceptors (Lipinski definition) is 3. The summed E-state index contributed by atoms with van der Waals surface area (Å²) in [5, 5.41) is 3.37. The quantitative estimate of drug-likeness (QED) is 0.712. The van der Waals surface area contributed by atoms with Gasteiger partial charge in [-0.2, -0.15) is 0 Å². The second-order valence-electron chi connectivity index (χ2n) is 5.92. The Morgan fingerprint density at radius 1 is 1.08 bits per heavy atom. The van der Waals surface area contributed by atoms with Crippen molar-refractivity contribution in [1.29, 1.82) is 0 Å². The molecular weight excluding hydrogens is 437 g/mol. The third-order valence-electron chi connectivity index (χ3n) is 4.17. The number of carbonyl (C=O) groups excluding carboxylic acids is 1. The molecule has 0 radical (unpaired) electrons. The molecule has 24 heavy (non-hydrogen) atoms. The highest BCUT2D eigenvalue weighted by Crippen LogP contribution is 2.22. The van der Waals surface area contributed by atoms with Crippen LogP contribution in [0.4, 0.5) is 11.4 Å². The first-order valence-electron chi connectivity index (χ1n) is 7.83. The van der Waals surface area contributed by atoms with E-state index in [9.17, 15) is 4.79 Å². The van der Waals surface area contributed by atoms with Gasteiger partial charge >= 0.3 is 0 Å². The summed E-state index contributed by atoms with van der Waals surface area (Å²) in [7, 11) is 2.14. The van der Waals surface area contributed by atoms with Gasteiger partial charge in [-0.15, -0.1) is 0 Å². The second-order valence-corrected chi connectivity index (χ2v) is 7.57. The molecule has 0 unspecified atom stereocenters. The van der Waals surface area contributed by atoms with Crippen LogP contribution in [0.3, 0.4) is 0 Å². The second kappa shape index (κ2) is 7.72. The van der Waals surface area contributed by atoms with Gasteiger partial charge in [0.05, 0.1) is 10.6 Å². The van der Waals surface area contributed by atoms with Gasteiger partial charge in [0.25, 0.3) is 5.91 Å². The van der Waals surface area contributed by atoms with Gasteiger partial charge in [0.1, 0.15) is 0 Å². The Morgan fingerprint density at radius 2 is 1.75 bits per heavy atom. The van der Waals surface area contributed by atoms with E-state index in [4.69, 9.17) is 11.6 Å². The zero-order valence-corrected chi connectivity index (χ0v) is 16.3. The van der Waals surface area contributed by atoms with Crippen LogP contribution in [0.5, 0.6) is 0 Å². The van der Waals surface area contributed by atoms with Crippen molar-refractivity contribution in [2.24, 2.45) is 0 Å². The lowest BCUT2D eigenvalue weighted by Gasteiger charge is -2.34. The number of nitrogens with one attached hydrogen (secondary N) is 1. The topological polar surface area (TPSA) is 35.6 Å². The summed E-state index contributed by atoms with van der Waals surface area (Å²) in [5.74, 6) is -0.189. The summed E-state index contributed by atoms with van der Waals surface area (Å²) < 4.78 is 0.979. The Labute approximate surface area is 160 Å². The van der Waals surface area contributed by atoms with Crippen LogP contribution in [0.1, 0.15) is 10.4 Å². The predicted molar refractivity (Wildman–Crippen MR) is 108 cm³/mol. The maximum Gasteiger partial charge on any atom is 0.257 e. The van der Waals surface area contributed by atoms with E-state index in [1.54, 1.807) is 12.1 Å². The lowest BCUT2D eigenvalue weighted by Crippen LogP contribution is -2.44. The smallest absolute Gasteiger partial charge is 0.257 e. The Bertz CT molecular complexity index is 728. The van der Waals surface area contributed by atoms with E-state index in [-0.39, 0.29) is 5.91 Å². The Morgan fingerprint density at radius 3 is 2.42 bits per heavy atom. The molecule has 4 nitrogen and oxygen atoms in total. The molecule has 126 valence electrons. The zero-order valence-electron chi connectivity index (χ0n) is 13.4. The average Bonchev–Trinajstić information content (AvgIpc) is 2.58. The fourth-order valence-electron chi connectivity index (χ4n) is 2.69. The van der Waals surface area contributed by atoms with Crippen LogP contribution < -0.4 is 10.2 Å². The van der Waals surface area contributed by atoms with Gasteiger partial charge in [-0.05, 0) is 72.1 Å². The number of nitrogens with zero attached hydrogens (tertiary/aromatic N) is 2. The van der Waals surface area contributed by atoms with Gasteiger partial charge in [0.15, 0.2) is 0 Å². The van der Waals surface area contributed by atoms with E-state index < -0.39 is 0 Å².